The van der Waals surface area contributed by atoms with Gasteiger partial charge in [0, 0.05) is 37.8 Å². The Labute approximate surface area is 213 Å². The van der Waals surface area contributed by atoms with Gasteiger partial charge in [-0.3, -0.25) is 4.79 Å². The minimum Gasteiger partial charge on any atom is -0.401 e. The molecule has 0 unspecified atom stereocenters. The van der Waals surface area contributed by atoms with Crippen LogP contribution in [0, 0.1) is 0 Å². The van der Waals surface area contributed by atoms with E-state index in [4.69, 9.17) is 9.16 Å². The predicted molar refractivity (Wildman–Crippen MR) is 145 cm³/mol. The van der Waals surface area contributed by atoms with E-state index < -0.39 is 8.32 Å². The minimum absolute atomic E-state index is 0.0251. The number of hydrogen-bond donors (Lipinski definition) is 0. The maximum Gasteiger partial charge on any atom is 0.261 e. The molecule has 0 N–H and O–H groups in total. The highest BCUT2D eigenvalue weighted by atomic mass is 32.1. The van der Waals surface area contributed by atoms with Gasteiger partial charge in [0.05, 0.1) is 19.3 Å². The molecule has 0 atom stereocenters. The van der Waals surface area contributed by atoms with E-state index >= 15 is 0 Å². The van der Waals surface area contributed by atoms with E-state index in [-0.39, 0.29) is 11.1 Å². The first-order valence-corrected chi connectivity index (χ1v) is 14.9. The molecule has 1 amide bonds. The molecule has 35 heavy (non-hydrogen) atoms. The lowest BCUT2D eigenvalue weighted by molar-refractivity contribution is -0.121. The molecule has 2 aromatic carbocycles. The van der Waals surface area contributed by atoms with Crippen LogP contribution in [-0.4, -0.2) is 70.1 Å². The standard InChI is InChI=1S/C22H26N2OSSi.C5H9NO2/c1-22(2,3)27(19-10-6-4-7-11-19,20-12-8-5-9-13-20)25-18-16-24(17-18)21-23-14-15-26-21;7-5-6-1-3-8-4-2-6/h4-15,18H,16-17H2,1-3H3;5H,1-4H2. The fraction of sp³-hybridized carbons (Fsp3) is 0.407. The summed E-state index contributed by atoms with van der Waals surface area (Å²) in [5.74, 6) is 0. The average Bonchev–Trinajstić information content (AvgIpc) is 3.39. The van der Waals surface area contributed by atoms with Crippen LogP contribution in [0.4, 0.5) is 5.13 Å². The maximum atomic E-state index is 10.0. The molecular formula is C27H35N3O3SSi. The third-order valence-corrected chi connectivity index (χ3v) is 12.4. The van der Waals surface area contributed by atoms with Gasteiger partial charge in [-0.2, -0.15) is 0 Å². The van der Waals surface area contributed by atoms with Gasteiger partial charge in [0.1, 0.15) is 0 Å². The highest BCUT2D eigenvalue weighted by Gasteiger charge is 2.52. The lowest BCUT2D eigenvalue weighted by Crippen LogP contribution is -2.70. The quantitative estimate of drug-likeness (QED) is 0.377. The van der Waals surface area contributed by atoms with Crippen molar-refractivity contribution in [2.24, 2.45) is 0 Å². The summed E-state index contributed by atoms with van der Waals surface area (Å²) in [5, 5.41) is 5.84. The highest BCUT2D eigenvalue weighted by Crippen LogP contribution is 2.39. The van der Waals surface area contributed by atoms with E-state index in [1.54, 1.807) is 16.2 Å². The van der Waals surface area contributed by atoms with Gasteiger partial charge < -0.3 is 19.0 Å². The van der Waals surface area contributed by atoms with Gasteiger partial charge in [-0.05, 0) is 15.4 Å². The third kappa shape index (κ3) is 5.83. The van der Waals surface area contributed by atoms with Crippen LogP contribution in [-0.2, 0) is 14.0 Å². The first-order valence-electron chi connectivity index (χ1n) is 12.1. The number of rotatable bonds is 6. The maximum absolute atomic E-state index is 10.0. The van der Waals surface area contributed by atoms with Crippen LogP contribution in [0.5, 0.6) is 0 Å². The van der Waals surface area contributed by atoms with Crippen molar-refractivity contribution in [3.05, 3.63) is 72.2 Å². The molecule has 2 aliphatic rings. The van der Waals surface area contributed by atoms with Gasteiger partial charge in [-0.15, -0.1) is 11.3 Å². The number of ether oxygens (including phenoxy) is 1. The van der Waals surface area contributed by atoms with Crippen LogP contribution in [0.15, 0.2) is 72.2 Å². The number of hydrogen-bond acceptors (Lipinski definition) is 6. The highest BCUT2D eigenvalue weighted by molar-refractivity contribution is 7.13. The molecule has 2 aliphatic heterocycles. The number of aromatic nitrogens is 1. The normalized spacial score (nSPS) is 16.8. The van der Waals surface area contributed by atoms with Gasteiger partial charge >= 0.3 is 0 Å². The van der Waals surface area contributed by atoms with Gasteiger partial charge in [0.15, 0.2) is 5.13 Å². The molecule has 0 spiro atoms. The van der Waals surface area contributed by atoms with Crippen LogP contribution >= 0.6 is 11.3 Å². The molecule has 3 heterocycles. The Balaban J connectivity index is 0.000000308. The number of nitrogens with zero attached hydrogens (tertiary/aromatic N) is 3. The molecule has 3 aromatic rings. The number of anilines is 1. The van der Waals surface area contributed by atoms with Crippen molar-refractivity contribution in [2.75, 3.05) is 44.3 Å². The molecule has 186 valence electrons. The van der Waals surface area contributed by atoms with Crippen molar-refractivity contribution in [2.45, 2.75) is 31.9 Å². The zero-order valence-electron chi connectivity index (χ0n) is 20.8. The molecule has 8 heteroatoms. The molecule has 2 saturated heterocycles. The molecule has 0 saturated carbocycles. The Morgan fingerprint density at radius 2 is 1.57 bits per heavy atom. The van der Waals surface area contributed by atoms with Crippen LogP contribution in [0.3, 0.4) is 0 Å². The number of thiazole rings is 1. The van der Waals surface area contributed by atoms with E-state index in [0.29, 0.717) is 13.2 Å². The van der Waals surface area contributed by atoms with Crippen LogP contribution < -0.4 is 15.3 Å². The molecule has 5 rings (SSSR count). The van der Waals surface area contributed by atoms with Crippen LogP contribution in [0.25, 0.3) is 0 Å². The monoisotopic (exact) mass is 509 g/mol. The molecule has 0 bridgehead atoms. The van der Waals surface area contributed by atoms with E-state index in [2.05, 4.69) is 91.3 Å². The summed E-state index contributed by atoms with van der Waals surface area (Å²) in [5.41, 5.74) is 0. The van der Waals surface area contributed by atoms with Crippen LogP contribution in [0.2, 0.25) is 5.04 Å². The molecule has 0 aliphatic carbocycles. The summed E-state index contributed by atoms with van der Waals surface area (Å²) in [6.07, 6.45) is 2.97. The smallest absolute Gasteiger partial charge is 0.261 e. The second kappa shape index (κ2) is 11.5. The Morgan fingerprint density at radius 3 is 2.00 bits per heavy atom. The lowest BCUT2D eigenvalue weighted by atomic mass is 10.2. The minimum atomic E-state index is -2.44. The fourth-order valence-corrected chi connectivity index (χ4v) is 9.99. The first-order chi connectivity index (χ1) is 16.9. The van der Waals surface area contributed by atoms with Crippen molar-refractivity contribution in [1.29, 1.82) is 0 Å². The predicted octanol–water partition coefficient (Wildman–Crippen LogP) is 3.38. The summed E-state index contributed by atoms with van der Waals surface area (Å²) in [6.45, 7) is 11.7. The Morgan fingerprint density at radius 1 is 1.00 bits per heavy atom. The van der Waals surface area contributed by atoms with Gasteiger partial charge in [0.2, 0.25) is 6.41 Å². The average molecular weight is 510 g/mol. The molecule has 2 fully saturated rings. The summed E-state index contributed by atoms with van der Waals surface area (Å²) in [7, 11) is -2.44. The SMILES string of the molecule is CC(C)(C)[Si](OC1CN(c2nccs2)C1)(c1ccccc1)c1ccccc1.O=CN1CCOCC1. The van der Waals surface area contributed by atoms with E-state index in [1.807, 2.05) is 11.6 Å². The van der Waals surface area contributed by atoms with Crippen molar-refractivity contribution in [1.82, 2.24) is 9.88 Å². The van der Waals surface area contributed by atoms with E-state index in [0.717, 1.165) is 37.7 Å². The second-order valence-corrected chi connectivity index (χ2v) is 15.0. The Hall–Kier alpha value is -2.52. The summed E-state index contributed by atoms with van der Waals surface area (Å²) < 4.78 is 12.1. The van der Waals surface area contributed by atoms with Crippen molar-refractivity contribution in [3.8, 4) is 0 Å². The zero-order chi connectivity index (χ0) is 24.7. The van der Waals surface area contributed by atoms with Gasteiger partial charge in [0.25, 0.3) is 8.32 Å². The summed E-state index contributed by atoms with van der Waals surface area (Å²) in [6, 6.07) is 21.7. The Kier molecular flexibility index (Phi) is 8.38. The topological polar surface area (TPSA) is 54.9 Å². The summed E-state index contributed by atoms with van der Waals surface area (Å²) in [4.78, 5) is 18.5. The number of benzene rings is 2. The van der Waals surface area contributed by atoms with Crippen molar-refractivity contribution < 1.29 is 14.0 Å². The lowest BCUT2D eigenvalue weighted by Gasteiger charge is -2.49. The first kappa shape index (κ1) is 25.6. The number of morpholine rings is 1. The number of amides is 1. The number of carbonyl (C=O) groups excluding carboxylic acids is 1. The zero-order valence-corrected chi connectivity index (χ0v) is 22.6. The molecule has 6 nitrogen and oxygen atoms in total. The summed E-state index contributed by atoms with van der Waals surface area (Å²) >= 11 is 1.70. The molecule has 1 aromatic heterocycles. The van der Waals surface area contributed by atoms with Crippen molar-refractivity contribution >= 4 is 41.6 Å². The number of carbonyl (C=O) groups is 1. The fourth-order valence-electron chi connectivity index (χ4n) is 4.67. The molecular weight excluding hydrogens is 474 g/mol. The van der Waals surface area contributed by atoms with E-state index in [1.165, 1.54) is 10.4 Å². The van der Waals surface area contributed by atoms with Gasteiger partial charge in [-0.1, -0.05) is 81.4 Å². The van der Waals surface area contributed by atoms with E-state index in [9.17, 15) is 4.79 Å². The Bertz CT molecular complexity index is 993. The van der Waals surface area contributed by atoms with Gasteiger partial charge in [-0.25, -0.2) is 4.98 Å². The van der Waals surface area contributed by atoms with Crippen molar-refractivity contribution in [3.63, 3.8) is 0 Å². The molecule has 0 radical (unpaired) electrons. The largest absolute Gasteiger partial charge is 0.401 e. The van der Waals surface area contributed by atoms with Crippen LogP contribution in [0.1, 0.15) is 20.8 Å². The third-order valence-electron chi connectivity index (χ3n) is 6.49. The second-order valence-electron chi connectivity index (χ2n) is 9.88.